The van der Waals surface area contributed by atoms with Crippen LogP contribution in [0.3, 0.4) is 0 Å². The zero-order valence-electron chi connectivity index (χ0n) is 19.9. The average molecular weight is 413 g/mol. The number of hydrogen-bond acceptors (Lipinski definition) is 7. The van der Waals surface area contributed by atoms with Crippen LogP contribution in [0.15, 0.2) is 0 Å². The van der Waals surface area contributed by atoms with Gasteiger partial charge in [-0.25, -0.2) is 9.59 Å². The van der Waals surface area contributed by atoms with E-state index in [0.717, 1.165) is 0 Å². The molecule has 0 aromatic rings. The molecule has 0 radical (unpaired) electrons. The van der Waals surface area contributed by atoms with Crippen LogP contribution in [-0.4, -0.2) is 55.6 Å². The molecule has 168 valence electrons. The number of nitrogens with one attached hydrogen (secondary N) is 1. The Bertz CT molecular complexity index is 647. The van der Waals surface area contributed by atoms with Crippen LogP contribution in [0.1, 0.15) is 94.9 Å². The zero-order valence-corrected chi connectivity index (χ0v) is 19.9. The van der Waals surface area contributed by atoms with Gasteiger partial charge in [-0.05, 0) is 69.2 Å². The molecule has 2 heterocycles. The molecular formula is C22H40N2O5. The lowest BCUT2D eigenvalue weighted by Gasteiger charge is -2.54. The first-order chi connectivity index (χ1) is 12.7. The fourth-order valence-corrected chi connectivity index (χ4v) is 6.47. The van der Waals surface area contributed by atoms with Gasteiger partial charge in [0.15, 0.2) is 0 Å². The topological polar surface area (TPSA) is 88.1 Å². The van der Waals surface area contributed by atoms with Crippen LogP contribution in [0, 0.1) is 0 Å². The fraction of sp³-hybridized carbons (Fsp3) is 0.909. The molecule has 2 N–H and O–H groups in total. The van der Waals surface area contributed by atoms with Crippen LogP contribution in [0.2, 0.25) is 0 Å². The molecule has 29 heavy (non-hydrogen) atoms. The van der Waals surface area contributed by atoms with Crippen molar-refractivity contribution >= 4 is 11.9 Å². The molecule has 0 bridgehead atoms. The van der Waals surface area contributed by atoms with Gasteiger partial charge in [0.25, 0.3) is 0 Å². The molecule has 2 fully saturated rings. The van der Waals surface area contributed by atoms with Gasteiger partial charge in [0.2, 0.25) is 0 Å². The lowest BCUT2D eigenvalue weighted by Crippen LogP contribution is -2.65. The van der Waals surface area contributed by atoms with E-state index in [9.17, 15) is 14.8 Å². The predicted molar refractivity (Wildman–Crippen MR) is 111 cm³/mol. The van der Waals surface area contributed by atoms with Crippen molar-refractivity contribution in [1.29, 1.82) is 0 Å². The molecule has 2 aliphatic rings. The lowest BCUT2D eigenvalue weighted by atomic mass is 9.73. The van der Waals surface area contributed by atoms with Gasteiger partial charge in [0.05, 0.1) is 0 Å². The van der Waals surface area contributed by atoms with E-state index in [1.165, 1.54) is 5.06 Å². The second kappa shape index (κ2) is 6.92. The highest BCUT2D eigenvalue weighted by atomic mass is 16.6. The third kappa shape index (κ3) is 5.50. The van der Waals surface area contributed by atoms with Crippen LogP contribution >= 0.6 is 0 Å². The van der Waals surface area contributed by atoms with Gasteiger partial charge >= 0.3 is 11.9 Å². The molecule has 2 aliphatic heterocycles. The normalized spacial score (nSPS) is 28.9. The smallest absolute Gasteiger partial charge is 0.418 e. The first-order valence-electron chi connectivity index (χ1n) is 10.5. The molecule has 0 amide bonds. The highest BCUT2D eigenvalue weighted by molar-refractivity contribution is 6.29. The van der Waals surface area contributed by atoms with Crippen molar-refractivity contribution in [3.8, 4) is 0 Å². The van der Waals surface area contributed by atoms with Crippen molar-refractivity contribution in [3.05, 3.63) is 0 Å². The Labute approximate surface area is 175 Å². The molecular weight excluding hydrogens is 372 g/mol. The summed E-state index contributed by atoms with van der Waals surface area (Å²) in [5.41, 5.74) is -3.30. The highest BCUT2D eigenvalue weighted by Gasteiger charge is 2.53. The third-order valence-corrected chi connectivity index (χ3v) is 5.91. The second-order valence-electron chi connectivity index (χ2n) is 12.2. The van der Waals surface area contributed by atoms with E-state index in [0.29, 0.717) is 25.7 Å². The predicted octanol–water partition coefficient (Wildman–Crippen LogP) is 3.57. The standard InChI is InChI=1S/C22H40N2O5/c1-17(2)11-21(9,12-18(3,4)23-17)28-15(25)16(26)29-22(10)13-19(5,6)24(27)20(7,8)14-22/h23,27H,11-14H2,1-10H3. The van der Waals surface area contributed by atoms with E-state index in [2.05, 4.69) is 33.0 Å². The van der Waals surface area contributed by atoms with Crippen LogP contribution in [0.4, 0.5) is 0 Å². The number of esters is 2. The van der Waals surface area contributed by atoms with Crippen molar-refractivity contribution in [2.75, 3.05) is 0 Å². The summed E-state index contributed by atoms with van der Waals surface area (Å²) in [6, 6.07) is 0. The summed E-state index contributed by atoms with van der Waals surface area (Å²) in [5, 5.41) is 15.3. The number of nitrogens with zero attached hydrogens (tertiary/aromatic N) is 1. The van der Waals surface area contributed by atoms with Gasteiger partial charge in [0.1, 0.15) is 11.2 Å². The number of rotatable bonds is 2. The second-order valence-corrected chi connectivity index (χ2v) is 12.2. The third-order valence-electron chi connectivity index (χ3n) is 5.91. The van der Waals surface area contributed by atoms with E-state index in [1.54, 1.807) is 0 Å². The maximum absolute atomic E-state index is 12.7. The Morgan fingerprint density at radius 1 is 0.690 bits per heavy atom. The van der Waals surface area contributed by atoms with Gasteiger partial charge in [-0.1, -0.05) is 0 Å². The van der Waals surface area contributed by atoms with Crippen molar-refractivity contribution in [2.24, 2.45) is 0 Å². The number of carbonyl (C=O) groups is 2. The largest absolute Gasteiger partial charge is 0.451 e. The Hall–Kier alpha value is -1.18. The number of carbonyl (C=O) groups excluding carboxylic acids is 2. The van der Waals surface area contributed by atoms with Gasteiger partial charge in [-0.15, -0.1) is 0 Å². The van der Waals surface area contributed by atoms with E-state index in [-0.39, 0.29) is 11.1 Å². The maximum Gasteiger partial charge on any atom is 0.418 e. The first-order valence-corrected chi connectivity index (χ1v) is 10.5. The molecule has 0 unspecified atom stereocenters. The summed E-state index contributed by atoms with van der Waals surface area (Å²) >= 11 is 0. The molecule has 0 spiro atoms. The van der Waals surface area contributed by atoms with Gasteiger partial charge < -0.3 is 20.0 Å². The van der Waals surface area contributed by atoms with Crippen molar-refractivity contribution in [3.63, 3.8) is 0 Å². The quantitative estimate of drug-likeness (QED) is 0.529. The number of piperidine rings is 2. The minimum Gasteiger partial charge on any atom is -0.451 e. The van der Waals surface area contributed by atoms with Crippen molar-refractivity contribution in [2.45, 2.75) is 128 Å². The zero-order chi connectivity index (χ0) is 22.7. The Balaban J connectivity index is 2.12. The average Bonchev–Trinajstić information content (AvgIpc) is 2.38. The minimum absolute atomic E-state index is 0.228. The molecule has 0 aromatic heterocycles. The molecule has 2 rings (SSSR count). The van der Waals surface area contributed by atoms with Gasteiger partial charge in [-0.2, -0.15) is 5.06 Å². The number of hydroxylamine groups is 2. The fourth-order valence-electron chi connectivity index (χ4n) is 6.47. The molecule has 0 aromatic carbocycles. The van der Waals surface area contributed by atoms with Crippen molar-refractivity contribution < 1.29 is 24.3 Å². The van der Waals surface area contributed by atoms with Crippen molar-refractivity contribution in [1.82, 2.24) is 10.4 Å². The van der Waals surface area contributed by atoms with E-state index >= 15 is 0 Å². The van der Waals surface area contributed by atoms with Crippen LogP contribution in [0.5, 0.6) is 0 Å². The van der Waals surface area contributed by atoms with E-state index in [1.807, 2.05) is 41.5 Å². The SMILES string of the molecule is CC1(C)CC(C)(OC(=O)C(=O)OC2(C)CC(C)(C)N(O)C(C)(C)C2)CC(C)(C)N1. The van der Waals surface area contributed by atoms with E-state index < -0.39 is 34.2 Å². The summed E-state index contributed by atoms with van der Waals surface area (Å²) in [6.07, 6.45) is 2.00. The van der Waals surface area contributed by atoms with Crippen LogP contribution in [0.25, 0.3) is 0 Å². The van der Waals surface area contributed by atoms with Crippen LogP contribution < -0.4 is 5.32 Å². The maximum atomic E-state index is 12.7. The number of hydrogen-bond donors (Lipinski definition) is 2. The Morgan fingerprint density at radius 3 is 1.34 bits per heavy atom. The lowest BCUT2D eigenvalue weighted by molar-refractivity contribution is -0.275. The highest BCUT2D eigenvalue weighted by Crippen LogP contribution is 2.44. The summed E-state index contributed by atoms with van der Waals surface area (Å²) in [6.45, 7) is 19.5. The summed E-state index contributed by atoms with van der Waals surface area (Å²) < 4.78 is 11.4. The summed E-state index contributed by atoms with van der Waals surface area (Å²) in [4.78, 5) is 25.3. The Morgan fingerprint density at radius 2 is 1.00 bits per heavy atom. The van der Waals surface area contributed by atoms with Crippen LogP contribution in [-0.2, 0) is 19.1 Å². The molecule has 0 aliphatic carbocycles. The van der Waals surface area contributed by atoms with E-state index in [4.69, 9.17) is 9.47 Å². The summed E-state index contributed by atoms with van der Waals surface area (Å²) in [7, 11) is 0. The Kier molecular flexibility index (Phi) is 5.75. The first kappa shape index (κ1) is 24.1. The minimum atomic E-state index is -0.971. The van der Waals surface area contributed by atoms with Gasteiger partial charge in [-0.3, -0.25) is 0 Å². The number of ether oxygens (including phenoxy) is 2. The molecule has 0 saturated carbocycles. The molecule has 2 saturated heterocycles. The monoisotopic (exact) mass is 412 g/mol. The molecule has 7 heteroatoms. The summed E-state index contributed by atoms with van der Waals surface area (Å²) in [5.74, 6) is -1.93. The molecule has 7 nitrogen and oxygen atoms in total. The molecule has 0 atom stereocenters. The van der Waals surface area contributed by atoms with Gasteiger partial charge in [0, 0.05) is 47.8 Å².